The summed E-state index contributed by atoms with van der Waals surface area (Å²) in [4.78, 5) is 11.8. The van der Waals surface area contributed by atoms with Crippen molar-refractivity contribution in [1.82, 2.24) is 5.43 Å². The van der Waals surface area contributed by atoms with E-state index in [1.165, 1.54) is 5.56 Å². The van der Waals surface area contributed by atoms with Crippen LogP contribution >= 0.6 is 0 Å². The molecule has 0 radical (unpaired) electrons. The molecule has 0 aromatic heterocycles. The largest absolute Gasteiger partial charge is 0.271 e. The molecule has 0 saturated heterocycles. The predicted octanol–water partition coefficient (Wildman–Crippen LogP) is 3.34. The van der Waals surface area contributed by atoms with E-state index in [9.17, 15) is 4.79 Å². The van der Waals surface area contributed by atoms with E-state index in [4.69, 9.17) is 0 Å². The third kappa shape index (κ3) is 4.35. The minimum atomic E-state index is -0.180. The third-order valence-corrected chi connectivity index (χ3v) is 2.98. The lowest BCUT2D eigenvalue weighted by Crippen LogP contribution is -2.17. The van der Waals surface area contributed by atoms with Crippen molar-refractivity contribution in [3.63, 3.8) is 0 Å². The van der Waals surface area contributed by atoms with Crippen molar-refractivity contribution in [1.29, 1.82) is 0 Å². The van der Waals surface area contributed by atoms with Crippen LogP contribution in [0.4, 0.5) is 0 Å². The zero-order chi connectivity index (χ0) is 14.2. The first-order valence-corrected chi connectivity index (χ1v) is 6.68. The maximum atomic E-state index is 11.8. The topological polar surface area (TPSA) is 41.5 Å². The summed E-state index contributed by atoms with van der Waals surface area (Å²) in [5.41, 5.74) is 5.56. The van der Waals surface area contributed by atoms with E-state index in [-0.39, 0.29) is 5.91 Å². The molecule has 0 heterocycles. The molecule has 2 aromatic rings. The molecular formula is C17H18N2O. The Hall–Kier alpha value is -2.42. The van der Waals surface area contributed by atoms with E-state index in [1.54, 1.807) is 18.3 Å². The highest BCUT2D eigenvalue weighted by Crippen LogP contribution is 2.03. The summed E-state index contributed by atoms with van der Waals surface area (Å²) in [5.74, 6) is -0.180. The van der Waals surface area contributed by atoms with Crippen LogP contribution in [0, 0.1) is 6.92 Å². The molecule has 0 spiro atoms. The summed E-state index contributed by atoms with van der Waals surface area (Å²) in [7, 11) is 0. The number of hydrogen-bond donors (Lipinski definition) is 1. The molecule has 1 amide bonds. The van der Waals surface area contributed by atoms with Gasteiger partial charge < -0.3 is 0 Å². The Bertz CT molecular complexity index is 574. The number of hydrogen-bond acceptors (Lipinski definition) is 2. The molecule has 0 aliphatic heterocycles. The van der Waals surface area contributed by atoms with Gasteiger partial charge >= 0.3 is 0 Å². The zero-order valence-corrected chi connectivity index (χ0v) is 11.5. The van der Waals surface area contributed by atoms with Crippen LogP contribution in [0.25, 0.3) is 0 Å². The van der Waals surface area contributed by atoms with E-state index in [0.29, 0.717) is 5.56 Å². The van der Waals surface area contributed by atoms with E-state index in [2.05, 4.69) is 22.7 Å². The van der Waals surface area contributed by atoms with Crippen LogP contribution in [0.3, 0.4) is 0 Å². The van der Waals surface area contributed by atoms with Crippen LogP contribution in [-0.2, 0) is 6.42 Å². The molecule has 20 heavy (non-hydrogen) atoms. The minimum Gasteiger partial charge on any atom is -0.267 e. The lowest BCUT2D eigenvalue weighted by atomic mass is 10.1. The molecule has 0 bridgehead atoms. The van der Waals surface area contributed by atoms with Crippen LogP contribution < -0.4 is 5.43 Å². The molecule has 0 aliphatic carbocycles. The maximum absolute atomic E-state index is 11.8. The average molecular weight is 266 g/mol. The Morgan fingerprint density at radius 1 is 1.10 bits per heavy atom. The minimum absolute atomic E-state index is 0.180. The van der Waals surface area contributed by atoms with Gasteiger partial charge in [-0.1, -0.05) is 48.0 Å². The molecule has 0 aliphatic rings. The molecule has 0 unspecified atom stereocenters. The Morgan fingerprint density at radius 3 is 2.50 bits per heavy atom. The first-order chi connectivity index (χ1) is 9.75. The average Bonchev–Trinajstić information content (AvgIpc) is 2.48. The molecular weight excluding hydrogens is 248 g/mol. The number of carbonyl (C=O) groups excluding carboxylic acids is 1. The number of nitrogens with zero attached hydrogens (tertiary/aromatic N) is 1. The fourth-order valence-corrected chi connectivity index (χ4v) is 1.81. The quantitative estimate of drug-likeness (QED) is 0.654. The smallest absolute Gasteiger partial charge is 0.267 e. The summed E-state index contributed by atoms with van der Waals surface area (Å²) in [6.45, 7) is 1.99. The third-order valence-electron chi connectivity index (χ3n) is 2.98. The van der Waals surface area contributed by atoms with E-state index in [1.807, 2.05) is 37.3 Å². The number of nitrogens with one attached hydrogen (secondary N) is 1. The van der Waals surface area contributed by atoms with Gasteiger partial charge in [0.25, 0.3) is 5.91 Å². The molecule has 1 N–H and O–H groups in total. The summed E-state index contributed by atoms with van der Waals surface area (Å²) in [6, 6.07) is 17.6. The fourth-order valence-electron chi connectivity index (χ4n) is 1.81. The first kappa shape index (κ1) is 14.0. The van der Waals surface area contributed by atoms with E-state index < -0.39 is 0 Å². The van der Waals surface area contributed by atoms with Crippen molar-refractivity contribution in [2.45, 2.75) is 19.8 Å². The number of carbonyl (C=O) groups is 1. The molecule has 0 atom stereocenters. The normalized spacial score (nSPS) is 10.7. The molecule has 102 valence electrons. The molecule has 3 nitrogen and oxygen atoms in total. The van der Waals surface area contributed by atoms with Crippen molar-refractivity contribution in [3.05, 3.63) is 71.3 Å². The number of aryl methyl sites for hydroxylation is 2. The van der Waals surface area contributed by atoms with Crippen LogP contribution in [-0.4, -0.2) is 12.1 Å². The van der Waals surface area contributed by atoms with E-state index in [0.717, 1.165) is 18.4 Å². The van der Waals surface area contributed by atoms with Crippen molar-refractivity contribution in [2.75, 3.05) is 0 Å². The number of benzene rings is 2. The van der Waals surface area contributed by atoms with Gasteiger partial charge in [-0.3, -0.25) is 4.79 Å². The summed E-state index contributed by atoms with van der Waals surface area (Å²) >= 11 is 0. The number of rotatable bonds is 5. The van der Waals surface area contributed by atoms with Gasteiger partial charge in [-0.15, -0.1) is 0 Å². The van der Waals surface area contributed by atoms with Gasteiger partial charge in [-0.05, 0) is 37.5 Å². The van der Waals surface area contributed by atoms with Gasteiger partial charge in [-0.2, -0.15) is 5.10 Å². The van der Waals surface area contributed by atoms with Crippen molar-refractivity contribution in [3.8, 4) is 0 Å². The van der Waals surface area contributed by atoms with Crippen molar-refractivity contribution in [2.24, 2.45) is 5.10 Å². The standard InChI is InChI=1S/C17H18N2O/c1-14-9-11-16(12-10-14)17(20)19-18-13-5-8-15-6-3-2-4-7-15/h2-4,6-7,9-13H,5,8H2,1H3,(H,19,20)/b18-13-. The van der Waals surface area contributed by atoms with Gasteiger partial charge in [0.2, 0.25) is 0 Å². The van der Waals surface area contributed by atoms with Gasteiger partial charge in [-0.25, -0.2) is 5.43 Å². The Morgan fingerprint density at radius 2 is 1.80 bits per heavy atom. The van der Waals surface area contributed by atoms with Gasteiger partial charge in [0.15, 0.2) is 0 Å². The van der Waals surface area contributed by atoms with Gasteiger partial charge in [0.05, 0.1) is 0 Å². The predicted molar refractivity (Wildman–Crippen MR) is 81.9 cm³/mol. The molecule has 0 fully saturated rings. The maximum Gasteiger partial charge on any atom is 0.271 e. The highest BCUT2D eigenvalue weighted by Gasteiger charge is 2.02. The summed E-state index contributed by atoms with van der Waals surface area (Å²) < 4.78 is 0. The lowest BCUT2D eigenvalue weighted by molar-refractivity contribution is 0.0955. The van der Waals surface area contributed by atoms with Crippen molar-refractivity contribution >= 4 is 12.1 Å². The lowest BCUT2D eigenvalue weighted by Gasteiger charge is -2.00. The summed E-state index contributed by atoms with van der Waals surface area (Å²) in [5, 5.41) is 3.96. The molecule has 2 aromatic carbocycles. The molecule has 0 saturated carbocycles. The Kier molecular flexibility index (Phi) is 5.07. The Balaban J connectivity index is 1.76. The highest BCUT2D eigenvalue weighted by atomic mass is 16.2. The number of hydrazone groups is 1. The Labute approximate surface area is 119 Å². The van der Waals surface area contributed by atoms with Gasteiger partial charge in [0, 0.05) is 11.8 Å². The second-order valence-corrected chi connectivity index (χ2v) is 4.64. The van der Waals surface area contributed by atoms with Crippen LogP contribution in [0.5, 0.6) is 0 Å². The monoisotopic (exact) mass is 266 g/mol. The summed E-state index contributed by atoms with van der Waals surface area (Å²) in [6.07, 6.45) is 3.46. The second kappa shape index (κ2) is 7.24. The first-order valence-electron chi connectivity index (χ1n) is 6.68. The van der Waals surface area contributed by atoms with Gasteiger partial charge in [0.1, 0.15) is 0 Å². The van der Waals surface area contributed by atoms with Crippen LogP contribution in [0.2, 0.25) is 0 Å². The molecule has 2 rings (SSSR count). The SMILES string of the molecule is Cc1ccc(C(=O)N/N=C\CCc2ccccc2)cc1. The highest BCUT2D eigenvalue weighted by molar-refractivity contribution is 5.94. The van der Waals surface area contributed by atoms with Crippen LogP contribution in [0.1, 0.15) is 27.9 Å². The molecule has 3 heteroatoms. The second-order valence-electron chi connectivity index (χ2n) is 4.64. The van der Waals surface area contributed by atoms with Crippen LogP contribution in [0.15, 0.2) is 59.7 Å². The van der Waals surface area contributed by atoms with Crippen molar-refractivity contribution < 1.29 is 4.79 Å². The van der Waals surface area contributed by atoms with E-state index >= 15 is 0 Å². The fraction of sp³-hybridized carbons (Fsp3) is 0.176. The zero-order valence-electron chi connectivity index (χ0n) is 11.5. The number of amides is 1.